The molecule has 0 radical (unpaired) electrons. The largest absolute Gasteiger partial charge is 0.372 e. The summed E-state index contributed by atoms with van der Waals surface area (Å²) in [6.45, 7) is 3.94. The zero-order chi connectivity index (χ0) is 19.8. The van der Waals surface area contributed by atoms with Crippen molar-refractivity contribution < 1.29 is 14.3 Å². The number of benzene rings is 2. The Kier molecular flexibility index (Phi) is 4.54. The van der Waals surface area contributed by atoms with Gasteiger partial charge in [-0.1, -0.05) is 35.9 Å². The highest BCUT2D eigenvalue weighted by atomic mass is 16.6. The summed E-state index contributed by atoms with van der Waals surface area (Å²) < 4.78 is 13.2. The van der Waals surface area contributed by atoms with Gasteiger partial charge < -0.3 is 19.4 Å². The average Bonchev–Trinajstić information content (AvgIpc) is 3.38. The molecule has 0 spiro atoms. The third-order valence-electron chi connectivity index (χ3n) is 5.24. The summed E-state index contributed by atoms with van der Waals surface area (Å²) >= 11 is 0. The van der Waals surface area contributed by atoms with Crippen molar-refractivity contribution in [1.29, 1.82) is 0 Å². The third kappa shape index (κ3) is 3.62. The molecule has 2 aromatic carbocycles. The van der Waals surface area contributed by atoms with Crippen molar-refractivity contribution >= 4 is 23.2 Å². The lowest BCUT2D eigenvalue weighted by Crippen LogP contribution is -2.08. The Morgan fingerprint density at radius 1 is 1.14 bits per heavy atom. The Bertz CT molecular complexity index is 1090. The smallest absolute Gasteiger partial charge is 0.256 e. The minimum atomic E-state index is -0.0773. The topological polar surface area (TPSA) is 55.8 Å². The fourth-order valence-corrected chi connectivity index (χ4v) is 3.62. The van der Waals surface area contributed by atoms with Crippen LogP contribution in [0.5, 0.6) is 0 Å². The summed E-state index contributed by atoms with van der Waals surface area (Å²) in [6.07, 6.45) is 2.19. The molecule has 1 fully saturated rings. The molecule has 2 aliphatic rings. The molecule has 5 heteroatoms. The van der Waals surface area contributed by atoms with Crippen LogP contribution in [0.1, 0.15) is 22.5 Å². The zero-order valence-electron chi connectivity index (χ0n) is 16.2. The molecule has 0 aliphatic carbocycles. The Balaban J connectivity index is 1.54. The van der Waals surface area contributed by atoms with Crippen LogP contribution in [0.4, 0.5) is 5.69 Å². The highest BCUT2D eigenvalue weighted by Crippen LogP contribution is 2.33. The monoisotopic (exact) mass is 386 g/mol. The van der Waals surface area contributed by atoms with Gasteiger partial charge in [-0.05, 0) is 43.3 Å². The number of para-hydroxylation sites is 1. The molecule has 1 saturated heterocycles. The van der Waals surface area contributed by atoms with Crippen molar-refractivity contribution in [2.45, 2.75) is 19.6 Å². The maximum absolute atomic E-state index is 12.6. The minimum Gasteiger partial charge on any atom is -0.372 e. The number of aryl methyl sites for hydroxylation is 1. The van der Waals surface area contributed by atoms with Gasteiger partial charge in [0, 0.05) is 28.3 Å². The summed E-state index contributed by atoms with van der Waals surface area (Å²) in [5.41, 5.74) is 6.67. The summed E-state index contributed by atoms with van der Waals surface area (Å²) in [6, 6.07) is 20.2. The molecule has 3 aromatic rings. The molecule has 5 nitrogen and oxygen atoms in total. The maximum Gasteiger partial charge on any atom is 0.256 e. The highest BCUT2D eigenvalue weighted by Gasteiger charge is 2.25. The van der Waals surface area contributed by atoms with Gasteiger partial charge in [-0.15, -0.1) is 0 Å². The van der Waals surface area contributed by atoms with Gasteiger partial charge in [0.05, 0.1) is 25.4 Å². The molecule has 5 rings (SSSR count). The molecular formula is C24H22N2O3. The molecule has 2 aliphatic heterocycles. The number of aromatic nitrogens is 1. The second-order valence-corrected chi connectivity index (χ2v) is 7.45. The maximum atomic E-state index is 12.6. The number of nitrogens with one attached hydrogen (secondary N) is 1. The summed E-state index contributed by atoms with van der Waals surface area (Å²) in [4.78, 5) is 12.6. The van der Waals surface area contributed by atoms with E-state index in [2.05, 4.69) is 47.1 Å². The lowest BCUT2D eigenvalue weighted by molar-refractivity contribution is -0.110. The summed E-state index contributed by atoms with van der Waals surface area (Å²) in [7, 11) is 0. The SMILES string of the molecule is Cc1ccc(-n2c(/C=C3\C(=O)Nc4ccccc43)ccc2COCC2CO2)cc1. The number of carbonyl (C=O) groups is 1. The lowest BCUT2D eigenvalue weighted by Gasteiger charge is -2.13. The molecule has 1 aromatic heterocycles. The second kappa shape index (κ2) is 7.35. The molecule has 146 valence electrons. The van der Waals surface area contributed by atoms with E-state index in [-0.39, 0.29) is 12.0 Å². The third-order valence-corrected chi connectivity index (χ3v) is 5.24. The number of hydrogen-bond acceptors (Lipinski definition) is 3. The molecule has 3 heterocycles. The van der Waals surface area contributed by atoms with E-state index in [1.54, 1.807) is 0 Å². The Morgan fingerprint density at radius 3 is 2.72 bits per heavy atom. The van der Waals surface area contributed by atoms with Crippen molar-refractivity contribution in [2.75, 3.05) is 18.5 Å². The van der Waals surface area contributed by atoms with E-state index in [1.165, 1.54) is 5.56 Å². The first-order chi connectivity index (χ1) is 14.2. The predicted octanol–water partition coefficient (Wildman–Crippen LogP) is 4.19. The van der Waals surface area contributed by atoms with Gasteiger partial charge in [-0.2, -0.15) is 0 Å². The number of anilines is 1. The van der Waals surface area contributed by atoms with Crippen LogP contribution in [0.25, 0.3) is 17.3 Å². The molecule has 1 N–H and O–H groups in total. The lowest BCUT2D eigenvalue weighted by atomic mass is 10.1. The Morgan fingerprint density at radius 2 is 1.93 bits per heavy atom. The Hall–Kier alpha value is -3.15. The van der Waals surface area contributed by atoms with Gasteiger partial charge in [0.15, 0.2) is 0 Å². The van der Waals surface area contributed by atoms with Crippen molar-refractivity contribution in [3.05, 3.63) is 83.2 Å². The molecule has 1 amide bonds. The van der Waals surface area contributed by atoms with Crippen LogP contribution in [0.2, 0.25) is 0 Å². The first-order valence-electron chi connectivity index (χ1n) is 9.78. The van der Waals surface area contributed by atoms with Crippen LogP contribution >= 0.6 is 0 Å². The van der Waals surface area contributed by atoms with E-state index >= 15 is 0 Å². The van der Waals surface area contributed by atoms with Gasteiger partial charge in [0.1, 0.15) is 6.10 Å². The van der Waals surface area contributed by atoms with Gasteiger partial charge in [-0.25, -0.2) is 0 Å². The van der Waals surface area contributed by atoms with Crippen LogP contribution in [-0.4, -0.2) is 29.8 Å². The van der Waals surface area contributed by atoms with E-state index < -0.39 is 0 Å². The number of epoxide rings is 1. The molecule has 1 unspecified atom stereocenters. The van der Waals surface area contributed by atoms with E-state index in [4.69, 9.17) is 9.47 Å². The van der Waals surface area contributed by atoms with Crippen LogP contribution in [0, 0.1) is 6.92 Å². The first-order valence-corrected chi connectivity index (χ1v) is 9.78. The van der Waals surface area contributed by atoms with Gasteiger partial charge >= 0.3 is 0 Å². The number of nitrogens with zero attached hydrogens (tertiary/aromatic N) is 1. The number of hydrogen-bond donors (Lipinski definition) is 1. The van der Waals surface area contributed by atoms with E-state index in [0.29, 0.717) is 18.8 Å². The van der Waals surface area contributed by atoms with Crippen molar-refractivity contribution in [1.82, 2.24) is 4.57 Å². The van der Waals surface area contributed by atoms with Gasteiger partial charge in [0.2, 0.25) is 0 Å². The zero-order valence-corrected chi connectivity index (χ0v) is 16.2. The molecule has 29 heavy (non-hydrogen) atoms. The van der Waals surface area contributed by atoms with Crippen LogP contribution in [-0.2, 0) is 20.9 Å². The number of fused-ring (bicyclic) bond motifs is 1. The minimum absolute atomic E-state index is 0.0773. The van der Waals surface area contributed by atoms with Crippen molar-refractivity contribution in [3.8, 4) is 5.69 Å². The fraction of sp³-hybridized carbons (Fsp3) is 0.208. The van der Waals surface area contributed by atoms with Crippen LogP contribution in [0.3, 0.4) is 0 Å². The normalized spacial score (nSPS) is 18.7. The summed E-state index contributed by atoms with van der Waals surface area (Å²) in [5, 5.41) is 2.94. The van der Waals surface area contributed by atoms with E-state index in [9.17, 15) is 4.79 Å². The highest BCUT2D eigenvalue weighted by molar-refractivity contribution is 6.34. The van der Waals surface area contributed by atoms with Crippen molar-refractivity contribution in [2.24, 2.45) is 0 Å². The quantitative estimate of drug-likeness (QED) is 0.510. The van der Waals surface area contributed by atoms with E-state index in [1.807, 2.05) is 36.4 Å². The second-order valence-electron chi connectivity index (χ2n) is 7.45. The molecule has 1 atom stereocenters. The number of amides is 1. The van der Waals surface area contributed by atoms with Crippen molar-refractivity contribution in [3.63, 3.8) is 0 Å². The molecule has 0 bridgehead atoms. The first kappa shape index (κ1) is 17.9. The number of rotatable bonds is 6. The number of carbonyl (C=O) groups excluding carboxylic acids is 1. The number of ether oxygens (including phenoxy) is 2. The van der Waals surface area contributed by atoms with Crippen LogP contribution < -0.4 is 5.32 Å². The molecule has 0 saturated carbocycles. The van der Waals surface area contributed by atoms with Gasteiger partial charge in [-0.3, -0.25) is 4.79 Å². The van der Waals surface area contributed by atoms with Gasteiger partial charge in [0.25, 0.3) is 5.91 Å². The predicted molar refractivity (Wildman–Crippen MR) is 113 cm³/mol. The standard InChI is InChI=1S/C24H22N2O3/c1-16-6-8-17(9-7-16)26-18(10-11-19(26)13-28-14-20-15-29-20)12-22-21-4-2-3-5-23(21)25-24(22)27/h2-12,20H,13-15H2,1H3,(H,25,27)/b22-12-. The fourth-order valence-electron chi connectivity index (χ4n) is 3.62. The summed E-state index contributed by atoms with van der Waals surface area (Å²) in [5.74, 6) is -0.0773. The van der Waals surface area contributed by atoms with Crippen LogP contribution in [0.15, 0.2) is 60.7 Å². The average molecular weight is 386 g/mol. The van der Waals surface area contributed by atoms with E-state index in [0.717, 1.165) is 34.9 Å². The molecular weight excluding hydrogens is 364 g/mol. The Labute approximate surface area is 169 Å².